The van der Waals surface area contributed by atoms with Crippen LogP contribution in [-0.4, -0.2) is 99.6 Å². The Balaban J connectivity index is 2.93. The van der Waals surface area contributed by atoms with E-state index in [2.05, 4.69) is 13.1 Å². The Morgan fingerprint density at radius 3 is 1.24 bits per heavy atom. The van der Waals surface area contributed by atoms with Gasteiger partial charge >= 0.3 is 0 Å². The van der Waals surface area contributed by atoms with Crippen molar-refractivity contribution in [1.29, 1.82) is 0 Å². The molecule has 0 amide bonds. The van der Waals surface area contributed by atoms with Crippen LogP contribution in [0, 0.1) is 0 Å². The van der Waals surface area contributed by atoms with E-state index in [9.17, 15) is 0 Å². The summed E-state index contributed by atoms with van der Waals surface area (Å²) in [6, 6.07) is 0. The Labute approximate surface area is 149 Å². The zero-order valence-electron chi connectivity index (χ0n) is 12.9. The molecule has 0 radical (unpaired) electrons. The molecule has 19 heteroatoms. The van der Waals surface area contributed by atoms with Gasteiger partial charge in [0, 0.05) is 0 Å². The van der Waals surface area contributed by atoms with E-state index in [0.717, 1.165) is 10.5 Å². The molecule has 0 aliphatic carbocycles. The molecule has 0 saturated carbocycles. The summed E-state index contributed by atoms with van der Waals surface area (Å²) >= 11 is 0. The first kappa shape index (κ1) is 22.8. The van der Waals surface area contributed by atoms with Crippen LogP contribution in [0.5, 0.6) is 0 Å². The lowest BCUT2D eigenvalue weighted by Crippen LogP contribution is -2.22. The van der Waals surface area contributed by atoms with Gasteiger partial charge in [-0.05, 0) is 13.1 Å². The third-order valence-corrected chi connectivity index (χ3v) is 15.2. The van der Waals surface area contributed by atoms with Gasteiger partial charge in [-0.3, -0.25) is 0 Å². The van der Waals surface area contributed by atoms with E-state index in [1.807, 2.05) is 0 Å². The van der Waals surface area contributed by atoms with Crippen molar-refractivity contribution in [3.05, 3.63) is 0 Å². The highest BCUT2D eigenvalue weighted by molar-refractivity contribution is 6.56. The molecule has 0 unspecified atom stereocenters. The summed E-state index contributed by atoms with van der Waals surface area (Å²) in [5.41, 5.74) is 0. The van der Waals surface area contributed by atoms with E-state index < -0.39 is 89.1 Å². The van der Waals surface area contributed by atoms with Crippen molar-refractivity contribution in [3.8, 4) is 0 Å². The molecule has 0 aliphatic rings. The van der Waals surface area contributed by atoms with Gasteiger partial charge in [-0.2, -0.15) is 0 Å². The molecule has 0 saturated heterocycles. The van der Waals surface area contributed by atoms with Crippen molar-refractivity contribution in [2.24, 2.45) is 0 Å². The summed E-state index contributed by atoms with van der Waals surface area (Å²) in [4.78, 5) is 0. The molecule has 0 aliphatic heterocycles. The quantitative estimate of drug-likeness (QED) is 0.151. The molecule has 0 atom stereocenters. The minimum Gasteiger partial charge on any atom is -0.449 e. The molecule has 0 N–H and O–H groups in total. The second-order valence-corrected chi connectivity index (χ2v) is 22.9. The topological polar surface area (TPSA) is 83.1 Å². The van der Waals surface area contributed by atoms with Gasteiger partial charge in [0.15, 0.2) is 9.04 Å². The molecule has 21 heavy (non-hydrogen) atoms. The summed E-state index contributed by atoms with van der Waals surface area (Å²) in [6.07, 6.45) is 0. The Hall–Kier alpha value is 1.81. The van der Waals surface area contributed by atoms with Crippen LogP contribution in [0.1, 0.15) is 0 Å². The maximum Gasteiger partial charge on any atom is 0.286 e. The molecule has 0 aromatic carbocycles. The van der Waals surface area contributed by atoms with E-state index in [-0.39, 0.29) is 0 Å². The van der Waals surface area contributed by atoms with Crippen molar-refractivity contribution in [3.63, 3.8) is 0 Å². The van der Waals surface area contributed by atoms with Crippen molar-refractivity contribution in [2.45, 2.75) is 13.1 Å². The third kappa shape index (κ3) is 21.8. The van der Waals surface area contributed by atoms with Gasteiger partial charge in [0.05, 0.1) is 0 Å². The fourth-order valence-electron chi connectivity index (χ4n) is 0.859. The highest BCUT2D eigenvalue weighted by Crippen LogP contribution is 1.82. The third-order valence-electron chi connectivity index (χ3n) is 1.69. The SMILES string of the molecule is C[SiH](C)O[SiH2]O[SiH2]O[SiH2]O[SiH2]O[SiH2]O[SiH2]O[SiH2]O[SiH2]O[SiH3]. The number of rotatable bonds is 17. The number of hydrogen-bond acceptors (Lipinski definition) is 9. The summed E-state index contributed by atoms with van der Waals surface area (Å²) < 4.78 is 48.1. The predicted octanol–water partition coefficient (Wildman–Crippen LogP) is -8.61. The van der Waals surface area contributed by atoms with E-state index in [1.54, 1.807) is 0 Å². The molecular weight excluding hydrogens is 449 g/mol. The number of hydrogen-bond donors (Lipinski definition) is 0. The van der Waals surface area contributed by atoms with Gasteiger partial charge in [0.2, 0.25) is 0 Å². The van der Waals surface area contributed by atoms with Crippen LogP contribution in [0.3, 0.4) is 0 Å². The van der Waals surface area contributed by atoms with Crippen LogP contribution in [0.15, 0.2) is 0 Å². The zero-order valence-corrected chi connectivity index (χ0v) is 27.4. The normalized spacial score (nSPS) is 16.1. The van der Waals surface area contributed by atoms with Gasteiger partial charge in [-0.15, -0.1) is 0 Å². The van der Waals surface area contributed by atoms with Crippen molar-refractivity contribution in [1.82, 2.24) is 0 Å². The fraction of sp³-hybridized carbons (Fsp3) is 1.00. The average molecular weight is 475 g/mol. The molecule has 9 nitrogen and oxygen atoms in total. The van der Waals surface area contributed by atoms with Crippen molar-refractivity contribution >= 4 is 99.6 Å². The molecule has 0 spiro atoms. The monoisotopic (exact) mass is 474 g/mol. The summed E-state index contributed by atoms with van der Waals surface area (Å²) in [5.74, 6) is 0. The maximum atomic E-state index is 5.50. The molecule has 0 heterocycles. The standard InChI is InChI=1S/C2H26O9Si10/c1-21(2)11-20-10-19-9-18-8-17-7-16-6-15-5-14-4-13-3-12/h21H,13-20H2,1-2,12H3. The van der Waals surface area contributed by atoms with E-state index in [0.29, 0.717) is 0 Å². The Morgan fingerprint density at radius 1 is 0.571 bits per heavy atom. The summed E-state index contributed by atoms with van der Waals surface area (Å²) in [7, 11) is -7.05. The summed E-state index contributed by atoms with van der Waals surface area (Å²) in [6.45, 7) is 4.27. The molecule has 0 bridgehead atoms. The van der Waals surface area contributed by atoms with Gasteiger partial charge < -0.3 is 37.0 Å². The maximum absolute atomic E-state index is 5.50. The van der Waals surface area contributed by atoms with Crippen LogP contribution in [-0.2, 0) is 37.0 Å². The van der Waals surface area contributed by atoms with Crippen LogP contribution < -0.4 is 0 Å². The highest BCUT2D eigenvalue weighted by Gasteiger charge is 1.97. The Morgan fingerprint density at radius 2 is 0.905 bits per heavy atom. The van der Waals surface area contributed by atoms with Crippen LogP contribution >= 0.6 is 0 Å². The molecule has 0 aromatic rings. The van der Waals surface area contributed by atoms with Gasteiger partial charge in [-0.25, -0.2) is 0 Å². The van der Waals surface area contributed by atoms with E-state index >= 15 is 0 Å². The average Bonchev–Trinajstić information content (AvgIpc) is 2.46. The molecular formula is C2H26O9Si10. The minimum atomic E-state index is -0.923. The van der Waals surface area contributed by atoms with Crippen LogP contribution in [0.4, 0.5) is 0 Å². The smallest absolute Gasteiger partial charge is 0.286 e. The van der Waals surface area contributed by atoms with Crippen LogP contribution in [0.2, 0.25) is 13.1 Å². The lowest BCUT2D eigenvalue weighted by atomic mass is 11.9. The zero-order chi connectivity index (χ0) is 15.6. The Kier molecular flexibility index (Phi) is 21.6. The second kappa shape index (κ2) is 19.9. The first-order chi connectivity index (χ1) is 10.3. The first-order valence-electron chi connectivity index (χ1n) is 6.42. The van der Waals surface area contributed by atoms with E-state index in [4.69, 9.17) is 37.0 Å². The fourth-order valence-corrected chi connectivity index (χ4v) is 16.5. The minimum absolute atomic E-state index is 0.732. The van der Waals surface area contributed by atoms with Crippen LogP contribution in [0.25, 0.3) is 0 Å². The highest BCUT2D eigenvalue weighted by atomic mass is 28.4. The molecule has 0 aromatic heterocycles. The molecule has 0 rings (SSSR count). The van der Waals surface area contributed by atoms with Gasteiger partial charge in [0.1, 0.15) is 10.5 Å². The molecule has 128 valence electrons. The first-order valence-corrected chi connectivity index (χ1v) is 19.3. The van der Waals surface area contributed by atoms with Gasteiger partial charge in [-0.1, -0.05) is 0 Å². The largest absolute Gasteiger partial charge is 0.449 e. The lowest BCUT2D eigenvalue weighted by Gasteiger charge is -2.09. The lowest BCUT2D eigenvalue weighted by molar-refractivity contribution is 0.364. The Bertz CT molecular complexity index is 199. The second-order valence-electron chi connectivity index (χ2n) is 3.88. The molecule has 0 fully saturated rings. The summed E-state index contributed by atoms with van der Waals surface area (Å²) in [5, 5.41) is 0. The van der Waals surface area contributed by atoms with E-state index in [1.165, 1.54) is 0 Å². The van der Waals surface area contributed by atoms with Gasteiger partial charge in [0.25, 0.3) is 80.1 Å². The van der Waals surface area contributed by atoms with Crippen molar-refractivity contribution < 1.29 is 37.0 Å². The van der Waals surface area contributed by atoms with Crippen molar-refractivity contribution in [2.75, 3.05) is 0 Å². The predicted molar refractivity (Wildman–Crippen MR) is 107 cm³/mol.